The van der Waals surface area contributed by atoms with Crippen LogP contribution >= 0.6 is 0 Å². The van der Waals surface area contributed by atoms with Crippen LogP contribution < -0.4 is 4.74 Å². The van der Waals surface area contributed by atoms with Crippen LogP contribution in [0, 0.1) is 13.8 Å². The van der Waals surface area contributed by atoms with Crippen molar-refractivity contribution < 1.29 is 19.4 Å². The van der Waals surface area contributed by atoms with Gasteiger partial charge >= 0.3 is 12.1 Å². The smallest absolute Gasteiger partial charge is 0.415 e. The molecule has 1 rings (SSSR count). The fourth-order valence-electron chi connectivity index (χ4n) is 1.44. The maximum absolute atomic E-state index is 11.5. The molecule has 5 heteroatoms. The summed E-state index contributed by atoms with van der Waals surface area (Å²) in [5.74, 6) is -0.658. The van der Waals surface area contributed by atoms with E-state index in [4.69, 9.17) is 9.84 Å². The molecule has 0 atom stereocenters. The molecule has 0 heterocycles. The number of likely N-dealkylation sites (N-methyl/N-ethyl adjacent to an activating group) is 1. The molecule has 92 valence electrons. The topological polar surface area (TPSA) is 66.8 Å². The molecule has 1 amide bonds. The molecule has 0 saturated heterocycles. The zero-order chi connectivity index (χ0) is 13.0. The van der Waals surface area contributed by atoms with Crippen molar-refractivity contribution in [2.75, 3.05) is 13.6 Å². The molecule has 0 saturated carbocycles. The van der Waals surface area contributed by atoms with Crippen molar-refractivity contribution >= 4 is 12.1 Å². The van der Waals surface area contributed by atoms with Gasteiger partial charge in [0.1, 0.15) is 12.3 Å². The van der Waals surface area contributed by atoms with Gasteiger partial charge in [0.25, 0.3) is 0 Å². The van der Waals surface area contributed by atoms with Gasteiger partial charge in [-0.05, 0) is 37.1 Å². The van der Waals surface area contributed by atoms with E-state index in [1.165, 1.54) is 7.05 Å². The Morgan fingerprint density at radius 1 is 1.24 bits per heavy atom. The van der Waals surface area contributed by atoms with Crippen LogP contribution in [-0.2, 0) is 4.79 Å². The molecule has 0 unspecified atom stereocenters. The highest BCUT2D eigenvalue weighted by Gasteiger charge is 2.14. The predicted molar refractivity (Wildman–Crippen MR) is 62.2 cm³/mol. The van der Waals surface area contributed by atoms with E-state index < -0.39 is 12.1 Å². The second-order valence-electron chi connectivity index (χ2n) is 3.94. The van der Waals surface area contributed by atoms with E-state index >= 15 is 0 Å². The van der Waals surface area contributed by atoms with Crippen molar-refractivity contribution in [2.45, 2.75) is 13.8 Å². The Labute approximate surface area is 99.6 Å². The van der Waals surface area contributed by atoms with E-state index in [1.54, 1.807) is 12.1 Å². The number of amides is 1. The number of nitrogens with zero attached hydrogens (tertiary/aromatic N) is 1. The maximum atomic E-state index is 11.5. The highest BCUT2D eigenvalue weighted by molar-refractivity contribution is 5.77. The van der Waals surface area contributed by atoms with Crippen LogP contribution in [0.25, 0.3) is 0 Å². The Hall–Kier alpha value is -2.04. The molecule has 1 N–H and O–H groups in total. The van der Waals surface area contributed by atoms with Gasteiger partial charge in [-0.25, -0.2) is 4.79 Å². The number of ether oxygens (including phenoxy) is 1. The molecule has 17 heavy (non-hydrogen) atoms. The van der Waals surface area contributed by atoms with Crippen LogP contribution in [0.1, 0.15) is 11.1 Å². The minimum absolute atomic E-state index is 0.385. The lowest BCUT2D eigenvalue weighted by atomic mass is 10.1. The number of benzene rings is 1. The fraction of sp³-hybridized carbons (Fsp3) is 0.333. The Bertz CT molecular complexity index is 422. The first-order valence-corrected chi connectivity index (χ1v) is 5.11. The van der Waals surface area contributed by atoms with Crippen molar-refractivity contribution in [1.29, 1.82) is 0 Å². The first kappa shape index (κ1) is 13.0. The molecular weight excluding hydrogens is 222 g/mol. The number of carboxylic acid groups (broad SMARTS) is 1. The zero-order valence-corrected chi connectivity index (χ0v) is 10.1. The van der Waals surface area contributed by atoms with Crippen molar-refractivity contribution in [3.05, 3.63) is 29.3 Å². The molecule has 1 aromatic rings. The lowest BCUT2D eigenvalue weighted by Gasteiger charge is -2.14. The van der Waals surface area contributed by atoms with Gasteiger partial charge in [-0.2, -0.15) is 0 Å². The summed E-state index contributed by atoms with van der Waals surface area (Å²) in [5.41, 5.74) is 1.96. The normalized spacial score (nSPS) is 9.82. The minimum atomic E-state index is -1.08. The SMILES string of the molecule is Cc1cc(C)cc(OC(=O)N(C)CC(=O)O)c1. The molecule has 0 bridgehead atoms. The van der Waals surface area contributed by atoms with Crippen molar-refractivity contribution in [3.63, 3.8) is 0 Å². The number of aliphatic carboxylic acids is 1. The lowest BCUT2D eigenvalue weighted by Crippen LogP contribution is -2.34. The quantitative estimate of drug-likeness (QED) is 0.870. The van der Waals surface area contributed by atoms with Gasteiger partial charge in [-0.1, -0.05) is 6.07 Å². The van der Waals surface area contributed by atoms with Crippen molar-refractivity contribution in [2.24, 2.45) is 0 Å². The first-order valence-electron chi connectivity index (χ1n) is 5.11. The molecule has 0 aromatic heterocycles. The number of hydrogen-bond acceptors (Lipinski definition) is 3. The van der Waals surface area contributed by atoms with Crippen LogP contribution in [0.5, 0.6) is 5.75 Å². The van der Waals surface area contributed by atoms with Crippen LogP contribution in [0.15, 0.2) is 18.2 Å². The van der Waals surface area contributed by atoms with Crippen LogP contribution in [0.4, 0.5) is 4.79 Å². The molecule has 1 aromatic carbocycles. The third-order valence-corrected chi connectivity index (χ3v) is 2.08. The van der Waals surface area contributed by atoms with Crippen molar-refractivity contribution in [3.8, 4) is 5.75 Å². The van der Waals surface area contributed by atoms with Crippen molar-refractivity contribution in [1.82, 2.24) is 4.90 Å². The van der Waals surface area contributed by atoms with Gasteiger partial charge in [-0.15, -0.1) is 0 Å². The fourth-order valence-corrected chi connectivity index (χ4v) is 1.44. The summed E-state index contributed by atoms with van der Waals surface area (Å²) in [5, 5.41) is 8.54. The second kappa shape index (κ2) is 5.34. The number of aryl methyl sites for hydroxylation is 2. The Balaban J connectivity index is 2.70. The average molecular weight is 237 g/mol. The monoisotopic (exact) mass is 237 g/mol. The summed E-state index contributed by atoms with van der Waals surface area (Å²) in [4.78, 5) is 22.9. The second-order valence-corrected chi connectivity index (χ2v) is 3.94. The summed E-state index contributed by atoms with van der Waals surface area (Å²) >= 11 is 0. The number of carboxylic acids is 1. The number of rotatable bonds is 3. The van der Waals surface area contributed by atoms with Gasteiger partial charge in [0.15, 0.2) is 0 Å². The maximum Gasteiger partial charge on any atom is 0.415 e. The van der Waals surface area contributed by atoms with E-state index in [0.29, 0.717) is 5.75 Å². The molecule has 0 spiro atoms. The summed E-state index contributed by atoms with van der Waals surface area (Å²) in [6.07, 6.45) is -0.683. The summed E-state index contributed by atoms with van der Waals surface area (Å²) in [6.45, 7) is 3.40. The van der Waals surface area contributed by atoms with E-state index in [-0.39, 0.29) is 6.54 Å². The van der Waals surface area contributed by atoms with E-state index in [0.717, 1.165) is 16.0 Å². The number of carbonyl (C=O) groups is 2. The van der Waals surface area contributed by atoms with Gasteiger partial charge in [0.05, 0.1) is 0 Å². The van der Waals surface area contributed by atoms with E-state index in [9.17, 15) is 9.59 Å². The third-order valence-electron chi connectivity index (χ3n) is 2.08. The largest absolute Gasteiger partial charge is 0.480 e. The summed E-state index contributed by atoms with van der Waals surface area (Å²) < 4.78 is 5.06. The Kier molecular flexibility index (Phi) is 4.09. The van der Waals surface area contributed by atoms with Crippen LogP contribution in [0.3, 0.4) is 0 Å². The van der Waals surface area contributed by atoms with Gasteiger partial charge < -0.3 is 9.84 Å². The molecule has 0 aliphatic rings. The van der Waals surface area contributed by atoms with Crippen LogP contribution in [0.2, 0.25) is 0 Å². The first-order chi connectivity index (χ1) is 7.88. The summed E-state index contributed by atoms with van der Waals surface area (Å²) in [6, 6.07) is 5.40. The average Bonchev–Trinajstić information content (AvgIpc) is 2.14. The summed E-state index contributed by atoms with van der Waals surface area (Å²) in [7, 11) is 1.37. The van der Waals surface area contributed by atoms with Crippen LogP contribution in [-0.4, -0.2) is 35.7 Å². The van der Waals surface area contributed by atoms with E-state index in [2.05, 4.69) is 0 Å². The molecule has 5 nitrogen and oxygen atoms in total. The number of carbonyl (C=O) groups excluding carboxylic acids is 1. The molecule has 0 aliphatic carbocycles. The standard InChI is InChI=1S/C12H15NO4/c1-8-4-9(2)6-10(5-8)17-12(16)13(3)7-11(14)15/h4-6H,7H2,1-3H3,(H,14,15). The minimum Gasteiger partial charge on any atom is -0.480 e. The van der Waals surface area contributed by atoms with Gasteiger partial charge in [-0.3, -0.25) is 9.69 Å². The molecule has 0 aliphatic heterocycles. The predicted octanol–water partition coefficient (Wildman–Crippen LogP) is 1.82. The Morgan fingerprint density at radius 2 is 1.76 bits per heavy atom. The highest BCUT2D eigenvalue weighted by atomic mass is 16.6. The van der Waals surface area contributed by atoms with E-state index in [1.807, 2.05) is 19.9 Å². The third kappa shape index (κ3) is 4.14. The molecular formula is C12H15NO4. The lowest BCUT2D eigenvalue weighted by molar-refractivity contribution is -0.137. The van der Waals surface area contributed by atoms with Gasteiger partial charge in [0.2, 0.25) is 0 Å². The number of hydrogen-bond donors (Lipinski definition) is 1. The van der Waals surface area contributed by atoms with Gasteiger partial charge in [0, 0.05) is 7.05 Å². The highest BCUT2D eigenvalue weighted by Crippen LogP contribution is 2.16. The molecule has 0 radical (unpaired) electrons. The zero-order valence-electron chi connectivity index (χ0n) is 10.1. The Morgan fingerprint density at radius 3 is 2.24 bits per heavy atom. The molecule has 0 fully saturated rings.